The average molecular weight is 502 g/mol. The van der Waals surface area contributed by atoms with Crippen LogP contribution >= 0.6 is 0 Å². The third-order valence-corrected chi connectivity index (χ3v) is 6.57. The second-order valence-electron chi connectivity index (χ2n) is 8.92. The molecule has 36 heavy (non-hydrogen) atoms. The number of amides is 1. The molecule has 1 aromatic carbocycles. The summed E-state index contributed by atoms with van der Waals surface area (Å²) in [5.74, 6) is -0.208. The van der Waals surface area contributed by atoms with E-state index < -0.39 is 17.8 Å². The lowest BCUT2D eigenvalue weighted by Crippen LogP contribution is -2.51. The van der Waals surface area contributed by atoms with E-state index in [9.17, 15) is 18.0 Å². The molecule has 1 amide bonds. The molecule has 0 aliphatic carbocycles. The van der Waals surface area contributed by atoms with Crippen LogP contribution < -0.4 is 20.1 Å². The first-order chi connectivity index (χ1) is 17.4. The highest BCUT2D eigenvalue weighted by Gasteiger charge is 2.29. The number of aromatic nitrogens is 2. The van der Waals surface area contributed by atoms with Crippen molar-refractivity contribution >= 4 is 22.6 Å². The van der Waals surface area contributed by atoms with Gasteiger partial charge in [-0.1, -0.05) is 0 Å². The van der Waals surface area contributed by atoms with E-state index in [4.69, 9.17) is 9.47 Å². The van der Waals surface area contributed by atoms with Gasteiger partial charge in [-0.15, -0.1) is 0 Å². The number of likely N-dealkylation sites (tertiary alicyclic amines) is 1. The molecule has 8 nitrogen and oxygen atoms in total. The van der Waals surface area contributed by atoms with Crippen molar-refractivity contribution in [2.45, 2.75) is 31.6 Å². The van der Waals surface area contributed by atoms with Crippen molar-refractivity contribution in [2.24, 2.45) is 0 Å². The number of hydrogen-bond donors (Lipinski definition) is 2. The summed E-state index contributed by atoms with van der Waals surface area (Å²) in [4.78, 5) is 21.7. The quantitative estimate of drug-likeness (QED) is 0.515. The number of piperidine rings is 1. The molecule has 4 heterocycles. The highest BCUT2D eigenvalue weighted by molar-refractivity contribution is 5.94. The van der Waals surface area contributed by atoms with Crippen molar-refractivity contribution < 1.29 is 27.4 Å². The Kier molecular flexibility index (Phi) is 6.92. The Balaban J connectivity index is 1.18. The molecule has 2 aliphatic rings. The number of rotatable bonds is 7. The number of ether oxygens (including phenoxy) is 2. The smallest absolute Gasteiger partial charge is 0.263 e. The van der Waals surface area contributed by atoms with E-state index in [1.54, 1.807) is 18.2 Å². The highest BCUT2D eigenvalue weighted by atomic mass is 19.1. The maximum Gasteiger partial charge on any atom is 0.263 e. The Bertz CT molecular complexity index is 1290. The van der Waals surface area contributed by atoms with Crippen LogP contribution in [0.4, 0.5) is 19.0 Å². The Hall–Kier alpha value is -3.44. The van der Waals surface area contributed by atoms with Crippen LogP contribution in [-0.4, -0.2) is 66.3 Å². The number of carbonyl (C=O) groups is 1. The van der Waals surface area contributed by atoms with Crippen molar-refractivity contribution in [3.63, 3.8) is 0 Å². The lowest BCUT2D eigenvalue weighted by molar-refractivity contribution is -0.118. The zero-order valence-electron chi connectivity index (χ0n) is 19.7. The van der Waals surface area contributed by atoms with Crippen LogP contribution in [0.1, 0.15) is 17.7 Å². The Morgan fingerprint density at radius 1 is 1.28 bits per heavy atom. The minimum Gasteiger partial charge on any atom is -0.497 e. The SMILES string of the molecule is COc1cc(F)c2ncc(F)c(CCN3CC[C@@H](NCc4ccc5c(n4)NC(=O)CO5)[C@@H](F)C3)c2c1. The van der Waals surface area contributed by atoms with Gasteiger partial charge in [-0.2, -0.15) is 0 Å². The van der Waals surface area contributed by atoms with Crippen LogP contribution in [0.15, 0.2) is 30.5 Å². The minimum atomic E-state index is -1.13. The van der Waals surface area contributed by atoms with Gasteiger partial charge >= 0.3 is 0 Å². The van der Waals surface area contributed by atoms with Crippen LogP contribution in [0.2, 0.25) is 0 Å². The van der Waals surface area contributed by atoms with Crippen LogP contribution in [0, 0.1) is 11.6 Å². The highest BCUT2D eigenvalue weighted by Crippen LogP contribution is 2.28. The van der Waals surface area contributed by atoms with Crippen LogP contribution in [0.25, 0.3) is 10.9 Å². The molecular formula is C25H26F3N5O3. The fourth-order valence-corrected chi connectivity index (χ4v) is 4.64. The van der Waals surface area contributed by atoms with Gasteiger partial charge < -0.3 is 20.1 Å². The van der Waals surface area contributed by atoms with Crippen LogP contribution in [-0.2, 0) is 17.8 Å². The van der Waals surface area contributed by atoms with Crippen molar-refractivity contribution in [3.05, 3.63) is 53.4 Å². The first-order valence-electron chi connectivity index (χ1n) is 11.7. The van der Waals surface area contributed by atoms with Gasteiger partial charge in [-0.05, 0) is 37.6 Å². The van der Waals surface area contributed by atoms with Crippen molar-refractivity contribution in [3.8, 4) is 11.5 Å². The molecule has 2 atom stereocenters. The van der Waals surface area contributed by atoms with Crippen LogP contribution in [0.5, 0.6) is 11.5 Å². The molecule has 3 aromatic rings. The number of anilines is 1. The Morgan fingerprint density at radius 2 is 2.14 bits per heavy atom. The van der Waals surface area contributed by atoms with E-state index >= 15 is 0 Å². The number of alkyl halides is 1. The molecule has 0 bridgehead atoms. The molecule has 2 N–H and O–H groups in total. The molecule has 11 heteroatoms. The second kappa shape index (κ2) is 10.3. The molecule has 0 saturated carbocycles. The minimum absolute atomic E-state index is 0.0382. The van der Waals surface area contributed by atoms with E-state index in [1.165, 1.54) is 13.2 Å². The van der Waals surface area contributed by atoms with Crippen molar-refractivity contribution in [1.29, 1.82) is 0 Å². The second-order valence-corrected chi connectivity index (χ2v) is 8.92. The molecule has 0 spiro atoms. The number of fused-ring (bicyclic) bond motifs is 2. The number of benzene rings is 1. The number of pyridine rings is 2. The largest absolute Gasteiger partial charge is 0.497 e. The van der Waals surface area contributed by atoms with E-state index in [-0.39, 0.29) is 42.8 Å². The summed E-state index contributed by atoms with van der Waals surface area (Å²) in [5.41, 5.74) is 1.08. The van der Waals surface area contributed by atoms with Gasteiger partial charge in [-0.25, -0.2) is 18.2 Å². The van der Waals surface area contributed by atoms with Gasteiger partial charge in [0.25, 0.3) is 5.91 Å². The first kappa shape index (κ1) is 24.3. The van der Waals surface area contributed by atoms with Gasteiger partial charge in [0.1, 0.15) is 23.3 Å². The Labute approximate surface area is 205 Å². The maximum atomic E-state index is 15.0. The molecule has 1 fully saturated rings. The number of methoxy groups -OCH3 is 1. The molecule has 190 valence electrons. The van der Waals surface area contributed by atoms with E-state index in [0.29, 0.717) is 54.3 Å². The zero-order valence-corrected chi connectivity index (χ0v) is 19.7. The fraction of sp³-hybridized carbons (Fsp3) is 0.400. The van der Waals surface area contributed by atoms with E-state index in [0.717, 1.165) is 6.20 Å². The van der Waals surface area contributed by atoms with E-state index in [2.05, 4.69) is 20.6 Å². The molecule has 5 rings (SSSR count). The Morgan fingerprint density at radius 3 is 2.94 bits per heavy atom. The first-order valence-corrected chi connectivity index (χ1v) is 11.7. The standard InChI is InChI=1S/C25H26F3N5O3/c1-35-15-8-17-16(19(27)11-30-24(17)18(26)9-15)4-6-33-7-5-21(20(28)12-33)29-10-14-2-3-22-25(31-14)32-23(34)13-36-22/h2-3,8-9,11,20-21,29H,4-7,10,12-13H2,1H3,(H,31,32,34)/t20-,21+/m0/s1. The lowest BCUT2D eigenvalue weighted by Gasteiger charge is -2.35. The third kappa shape index (κ3) is 5.07. The number of nitrogens with one attached hydrogen (secondary N) is 2. The predicted octanol–water partition coefficient (Wildman–Crippen LogP) is 2.99. The fourth-order valence-electron chi connectivity index (χ4n) is 4.64. The summed E-state index contributed by atoms with van der Waals surface area (Å²) >= 11 is 0. The molecule has 1 saturated heterocycles. The molecule has 0 radical (unpaired) electrons. The summed E-state index contributed by atoms with van der Waals surface area (Å²) in [7, 11) is 1.42. The lowest BCUT2D eigenvalue weighted by atomic mass is 10.0. The zero-order chi connectivity index (χ0) is 25.2. The molecule has 2 aliphatic heterocycles. The summed E-state index contributed by atoms with van der Waals surface area (Å²) in [5, 5.41) is 6.23. The van der Waals surface area contributed by atoms with Crippen molar-refractivity contribution in [1.82, 2.24) is 20.2 Å². The summed E-state index contributed by atoms with van der Waals surface area (Å²) < 4.78 is 54.4. The number of nitrogens with zero attached hydrogens (tertiary/aromatic N) is 3. The number of hydrogen-bond acceptors (Lipinski definition) is 7. The monoisotopic (exact) mass is 501 g/mol. The average Bonchev–Trinajstić information content (AvgIpc) is 2.87. The summed E-state index contributed by atoms with van der Waals surface area (Å²) in [6, 6.07) is 5.94. The predicted molar refractivity (Wildman–Crippen MR) is 127 cm³/mol. The number of carbonyl (C=O) groups excluding carboxylic acids is 1. The van der Waals surface area contributed by atoms with Gasteiger partial charge in [0.05, 0.1) is 19.0 Å². The molecular weight excluding hydrogens is 475 g/mol. The van der Waals surface area contributed by atoms with Crippen molar-refractivity contribution in [2.75, 3.05) is 38.7 Å². The van der Waals surface area contributed by atoms with E-state index in [1.807, 2.05) is 4.90 Å². The third-order valence-electron chi connectivity index (χ3n) is 6.57. The molecule has 0 unspecified atom stereocenters. The molecule has 2 aromatic heterocycles. The van der Waals surface area contributed by atoms with Gasteiger partial charge in [0.15, 0.2) is 24.0 Å². The van der Waals surface area contributed by atoms with Gasteiger partial charge in [0, 0.05) is 42.7 Å². The topological polar surface area (TPSA) is 88.6 Å². The normalized spacial score (nSPS) is 20.1. The van der Waals surface area contributed by atoms with Crippen LogP contribution in [0.3, 0.4) is 0 Å². The summed E-state index contributed by atoms with van der Waals surface area (Å²) in [6.45, 7) is 1.55. The maximum absolute atomic E-state index is 15.0. The summed E-state index contributed by atoms with van der Waals surface area (Å²) in [6.07, 6.45) is 0.743. The van der Waals surface area contributed by atoms with Gasteiger partial charge in [-0.3, -0.25) is 14.7 Å². The van der Waals surface area contributed by atoms with Gasteiger partial charge in [0.2, 0.25) is 0 Å². The number of halogens is 3.